The molecule has 0 saturated carbocycles. The summed E-state index contributed by atoms with van der Waals surface area (Å²) in [5.41, 5.74) is 0.997. The Morgan fingerprint density at radius 2 is 2.15 bits per heavy atom. The zero-order chi connectivity index (χ0) is 19.0. The summed E-state index contributed by atoms with van der Waals surface area (Å²) < 4.78 is 18.9. The molecule has 4 rings (SSSR count). The number of carbonyl (C=O) groups excluding carboxylic acids is 1. The third kappa shape index (κ3) is 3.57. The monoisotopic (exact) mass is 390 g/mol. The van der Waals surface area contributed by atoms with Crippen LogP contribution in [0.25, 0.3) is 0 Å². The van der Waals surface area contributed by atoms with Crippen molar-refractivity contribution in [1.82, 2.24) is 15.2 Å². The van der Waals surface area contributed by atoms with E-state index in [0.717, 1.165) is 5.56 Å². The van der Waals surface area contributed by atoms with E-state index in [4.69, 9.17) is 16.3 Å². The summed E-state index contributed by atoms with van der Waals surface area (Å²) in [6.07, 6.45) is 6.17. The molecule has 4 atom stereocenters. The van der Waals surface area contributed by atoms with Crippen LogP contribution in [-0.4, -0.2) is 47.1 Å². The summed E-state index contributed by atoms with van der Waals surface area (Å²) in [6, 6.07) is 7.10. The number of urea groups is 1. The molecule has 1 N–H and O–H groups in total. The number of nitrogens with one attached hydrogen (secondary N) is 1. The molecule has 3 aliphatic rings. The lowest BCUT2D eigenvalue weighted by Gasteiger charge is -2.47. The van der Waals surface area contributed by atoms with E-state index in [0.29, 0.717) is 18.0 Å². The first-order valence-corrected chi connectivity index (χ1v) is 9.24. The first kappa shape index (κ1) is 18.0. The van der Waals surface area contributed by atoms with Crippen LogP contribution in [0.15, 0.2) is 53.5 Å². The molecule has 142 valence electrons. The number of dihydropyridines is 1. The van der Waals surface area contributed by atoms with E-state index in [-0.39, 0.29) is 36.3 Å². The highest BCUT2D eigenvalue weighted by molar-refractivity contribution is 6.30. The van der Waals surface area contributed by atoms with E-state index < -0.39 is 0 Å². The largest absolute Gasteiger partial charge is 0.360 e. The average molecular weight is 391 g/mol. The van der Waals surface area contributed by atoms with Crippen molar-refractivity contribution >= 4 is 23.8 Å². The lowest BCUT2D eigenvalue weighted by Crippen LogP contribution is -2.64. The lowest BCUT2D eigenvalue weighted by molar-refractivity contribution is -0.106. The molecule has 2 amide bonds. The Bertz CT molecular complexity index is 810. The van der Waals surface area contributed by atoms with Gasteiger partial charge in [-0.1, -0.05) is 23.7 Å². The fourth-order valence-corrected chi connectivity index (χ4v) is 3.52. The predicted octanol–water partition coefficient (Wildman–Crippen LogP) is 3.58. The van der Waals surface area contributed by atoms with Gasteiger partial charge >= 0.3 is 6.03 Å². The summed E-state index contributed by atoms with van der Waals surface area (Å²) in [5, 5.41) is 9.28. The van der Waals surface area contributed by atoms with Crippen molar-refractivity contribution in [2.75, 3.05) is 6.54 Å². The van der Waals surface area contributed by atoms with Crippen molar-refractivity contribution in [3.05, 3.63) is 59.0 Å². The number of hydrazone groups is 1. The maximum absolute atomic E-state index is 13.0. The van der Waals surface area contributed by atoms with E-state index in [9.17, 15) is 9.18 Å². The summed E-state index contributed by atoms with van der Waals surface area (Å²) >= 11 is 5.95. The molecule has 8 heteroatoms. The van der Waals surface area contributed by atoms with Gasteiger partial charge in [-0.2, -0.15) is 5.10 Å². The van der Waals surface area contributed by atoms with Crippen LogP contribution in [0, 0.1) is 0 Å². The molecular weight excluding hydrogens is 371 g/mol. The van der Waals surface area contributed by atoms with E-state index in [1.54, 1.807) is 17.2 Å². The van der Waals surface area contributed by atoms with Crippen molar-refractivity contribution in [2.45, 2.75) is 37.8 Å². The standard InChI is InChI=1S/C19H20ClFN4O2/c1-12-17(27-18-7-6-15(21)10-22-18)11-24(12)19(26)25-16(8-9-23-25)13-2-4-14(20)5-3-13/h2-7,9-10,12,16-18,22H,8,11H2,1H3/t12-,16+,17-,18?/m1/s1. The minimum Gasteiger partial charge on any atom is -0.360 e. The van der Waals surface area contributed by atoms with E-state index >= 15 is 0 Å². The zero-order valence-corrected chi connectivity index (χ0v) is 15.5. The third-order valence-electron chi connectivity index (χ3n) is 5.07. The van der Waals surface area contributed by atoms with Crippen LogP contribution >= 0.6 is 11.6 Å². The Morgan fingerprint density at radius 1 is 1.37 bits per heavy atom. The molecular formula is C19H20ClFN4O2. The zero-order valence-electron chi connectivity index (χ0n) is 14.8. The molecule has 0 aromatic heterocycles. The Morgan fingerprint density at radius 3 is 2.81 bits per heavy atom. The van der Waals surface area contributed by atoms with Crippen molar-refractivity contribution in [1.29, 1.82) is 0 Å². The van der Waals surface area contributed by atoms with E-state index in [2.05, 4.69) is 10.4 Å². The van der Waals surface area contributed by atoms with Crippen LogP contribution in [0.5, 0.6) is 0 Å². The number of halogens is 2. The van der Waals surface area contributed by atoms with Crippen LogP contribution in [0.2, 0.25) is 5.02 Å². The van der Waals surface area contributed by atoms with Gasteiger partial charge < -0.3 is 15.0 Å². The molecule has 0 spiro atoms. The minimum atomic E-state index is -0.388. The highest BCUT2D eigenvalue weighted by Crippen LogP contribution is 2.33. The van der Waals surface area contributed by atoms with E-state index in [1.807, 2.05) is 31.2 Å². The van der Waals surface area contributed by atoms with Crippen LogP contribution in [0.3, 0.4) is 0 Å². The molecule has 1 aromatic rings. The predicted molar refractivity (Wildman–Crippen MR) is 101 cm³/mol. The number of ether oxygens (including phenoxy) is 1. The molecule has 1 aromatic carbocycles. The maximum Gasteiger partial charge on any atom is 0.341 e. The fourth-order valence-electron chi connectivity index (χ4n) is 3.39. The summed E-state index contributed by atoms with van der Waals surface area (Å²) in [7, 11) is 0. The van der Waals surface area contributed by atoms with E-state index in [1.165, 1.54) is 17.3 Å². The molecule has 1 unspecified atom stereocenters. The molecule has 0 radical (unpaired) electrons. The normalized spacial score (nSPS) is 29.4. The van der Waals surface area contributed by atoms with Gasteiger partial charge in [0.15, 0.2) is 0 Å². The molecule has 1 fully saturated rings. The van der Waals surface area contributed by atoms with Gasteiger partial charge in [-0.05, 0) is 36.8 Å². The number of benzene rings is 1. The van der Waals surface area contributed by atoms with Crippen LogP contribution in [0.4, 0.5) is 9.18 Å². The number of hydrogen-bond donors (Lipinski definition) is 1. The van der Waals surface area contributed by atoms with Crippen LogP contribution < -0.4 is 5.32 Å². The second-order valence-electron chi connectivity index (χ2n) is 6.77. The van der Waals surface area contributed by atoms with Gasteiger partial charge in [0, 0.05) is 23.9 Å². The third-order valence-corrected chi connectivity index (χ3v) is 5.32. The van der Waals surface area contributed by atoms with Gasteiger partial charge in [0.1, 0.15) is 12.1 Å². The van der Waals surface area contributed by atoms with Gasteiger partial charge in [-0.25, -0.2) is 14.2 Å². The number of rotatable bonds is 3. The number of nitrogens with zero attached hydrogens (tertiary/aromatic N) is 3. The van der Waals surface area contributed by atoms with Gasteiger partial charge in [0.05, 0.1) is 24.7 Å². The van der Waals surface area contributed by atoms with Crippen molar-refractivity contribution in [2.24, 2.45) is 5.10 Å². The summed E-state index contributed by atoms with van der Waals surface area (Å²) in [5.74, 6) is -0.339. The number of hydrogen-bond acceptors (Lipinski definition) is 4. The Hall–Kier alpha value is -2.38. The number of allylic oxidation sites excluding steroid dienone is 2. The summed E-state index contributed by atoms with van der Waals surface area (Å²) in [4.78, 5) is 14.7. The van der Waals surface area contributed by atoms with Gasteiger partial charge in [0.25, 0.3) is 0 Å². The topological polar surface area (TPSA) is 57.2 Å². The van der Waals surface area contributed by atoms with Gasteiger partial charge in [0.2, 0.25) is 0 Å². The molecule has 0 bridgehead atoms. The molecule has 3 heterocycles. The number of likely N-dealkylation sites (tertiary alicyclic amines) is 1. The van der Waals surface area contributed by atoms with Crippen LogP contribution in [-0.2, 0) is 4.74 Å². The average Bonchev–Trinajstić information content (AvgIpc) is 3.16. The molecule has 0 aliphatic carbocycles. The number of carbonyl (C=O) groups is 1. The smallest absolute Gasteiger partial charge is 0.341 e. The Kier molecular flexibility index (Phi) is 4.88. The highest BCUT2D eigenvalue weighted by Gasteiger charge is 2.44. The molecule has 27 heavy (non-hydrogen) atoms. The molecule has 1 saturated heterocycles. The summed E-state index contributed by atoms with van der Waals surface area (Å²) in [6.45, 7) is 2.41. The van der Waals surface area contributed by atoms with Crippen molar-refractivity contribution in [3.8, 4) is 0 Å². The van der Waals surface area contributed by atoms with Gasteiger partial charge in [-0.15, -0.1) is 0 Å². The first-order valence-electron chi connectivity index (χ1n) is 8.86. The molecule has 6 nitrogen and oxygen atoms in total. The molecule has 3 aliphatic heterocycles. The van der Waals surface area contributed by atoms with Crippen molar-refractivity contribution in [3.63, 3.8) is 0 Å². The quantitative estimate of drug-likeness (QED) is 0.858. The second kappa shape index (κ2) is 7.32. The highest BCUT2D eigenvalue weighted by atomic mass is 35.5. The Labute approximate surface area is 161 Å². The second-order valence-corrected chi connectivity index (χ2v) is 7.21. The van der Waals surface area contributed by atoms with Crippen LogP contribution in [0.1, 0.15) is 24.9 Å². The maximum atomic E-state index is 13.0. The van der Waals surface area contributed by atoms with Crippen molar-refractivity contribution < 1.29 is 13.9 Å². The number of amides is 2. The SMILES string of the molecule is C[C@@H]1[C@H](OC2C=CC(F)=CN2)CN1C(=O)N1N=CC[C@H]1c1ccc(Cl)cc1. The minimum absolute atomic E-state index is 0.0925. The Balaban J connectivity index is 1.36. The first-order chi connectivity index (χ1) is 13.0. The lowest BCUT2D eigenvalue weighted by atomic mass is 10.0. The van der Waals surface area contributed by atoms with Gasteiger partial charge in [-0.3, -0.25) is 0 Å². The fraction of sp³-hybridized carbons (Fsp3) is 0.368.